The minimum absolute atomic E-state index is 0.205. The topological polar surface area (TPSA) is 44.6 Å². The molecule has 0 saturated carbocycles. The number of allylic oxidation sites excluding steroid dienone is 1. The van der Waals surface area contributed by atoms with E-state index in [1.54, 1.807) is 31.3 Å². The molecule has 0 heterocycles. The highest BCUT2D eigenvalue weighted by Crippen LogP contribution is 2.16. The van der Waals surface area contributed by atoms with Crippen molar-refractivity contribution in [3.05, 3.63) is 42.5 Å². The van der Waals surface area contributed by atoms with Gasteiger partial charge < -0.3 is 10.5 Å². The molecule has 3 nitrogen and oxygen atoms in total. The van der Waals surface area contributed by atoms with Crippen LogP contribution in [0.4, 0.5) is 0 Å². The van der Waals surface area contributed by atoms with Crippen LogP contribution in [0, 0.1) is 0 Å². The lowest BCUT2D eigenvalue weighted by Gasteiger charge is -2.03. The molecule has 0 amide bonds. The fraction of sp³-hybridized carbons (Fsp3) is 0.100. The molecule has 0 aliphatic heterocycles. The van der Waals surface area contributed by atoms with E-state index in [0.29, 0.717) is 11.3 Å². The SMILES string of the molecule is C=C/C(=N\NC)c1ccccc1O. The van der Waals surface area contributed by atoms with Crippen LogP contribution in [0.15, 0.2) is 42.0 Å². The summed E-state index contributed by atoms with van der Waals surface area (Å²) in [6, 6.07) is 7.00. The quantitative estimate of drug-likeness (QED) is 0.541. The summed E-state index contributed by atoms with van der Waals surface area (Å²) in [6.45, 7) is 3.62. The van der Waals surface area contributed by atoms with Gasteiger partial charge in [0, 0.05) is 12.6 Å². The molecule has 0 fully saturated rings. The molecule has 0 spiro atoms. The van der Waals surface area contributed by atoms with Crippen LogP contribution in [0.3, 0.4) is 0 Å². The average molecular weight is 176 g/mol. The van der Waals surface area contributed by atoms with Gasteiger partial charge >= 0.3 is 0 Å². The highest BCUT2D eigenvalue weighted by atomic mass is 16.3. The van der Waals surface area contributed by atoms with Gasteiger partial charge in [0.1, 0.15) is 5.75 Å². The molecular formula is C10H12N2O. The predicted octanol–water partition coefficient (Wildman–Crippen LogP) is 1.50. The summed E-state index contributed by atoms with van der Waals surface area (Å²) in [5.41, 5.74) is 3.95. The van der Waals surface area contributed by atoms with E-state index in [1.807, 2.05) is 6.07 Å². The van der Waals surface area contributed by atoms with E-state index in [4.69, 9.17) is 0 Å². The molecule has 0 aliphatic carbocycles. The van der Waals surface area contributed by atoms with E-state index < -0.39 is 0 Å². The van der Waals surface area contributed by atoms with E-state index in [2.05, 4.69) is 17.1 Å². The molecule has 0 radical (unpaired) electrons. The number of hydrogen-bond acceptors (Lipinski definition) is 3. The van der Waals surface area contributed by atoms with Crippen molar-refractivity contribution in [2.45, 2.75) is 0 Å². The fourth-order valence-corrected chi connectivity index (χ4v) is 1.03. The molecule has 3 heteroatoms. The number of hydrogen-bond donors (Lipinski definition) is 2. The summed E-state index contributed by atoms with van der Waals surface area (Å²) in [5, 5.41) is 13.4. The van der Waals surface area contributed by atoms with E-state index in [-0.39, 0.29) is 5.75 Å². The summed E-state index contributed by atoms with van der Waals surface area (Å²) < 4.78 is 0. The largest absolute Gasteiger partial charge is 0.507 e. The van der Waals surface area contributed by atoms with Crippen LogP contribution in [-0.4, -0.2) is 17.9 Å². The highest BCUT2D eigenvalue weighted by molar-refractivity contribution is 6.09. The molecule has 0 saturated heterocycles. The third-order valence-electron chi connectivity index (χ3n) is 1.61. The van der Waals surface area contributed by atoms with Crippen molar-refractivity contribution < 1.29 is 5.11 Å². The lowest BCUT2D eigenvalue weighted by atomic mass is 10.1. The second-order valence-corrected chi connectivity index (χ2v) is 2.44. The molecule has 2 N–H and O–H groups in total. The average Bonchev–Trinajstić information content (AvgIpc) is 2.16. The van der Waals surface area contributed by atoms with Gasteiger partial charge in [-0.15, -0.1) is 0 Å². The van der Waals surface area contributed by atoms with Gasteiger partial charge in [-0.3, -0.25) is 0 Å². The number of hydrazone groups is 1. The van der Waals surface area contributed by atoms with Crippen molar-refractivity contribution in [1.82, 2.24) is 5.43 Å². The minimum atomic E-state index is 0.205. The number of nitrogens with zero attached hydrogens (tertiary/aromatic N) is 1. The van der Waals surface area contributed by atoms with Crippen LogP contribution in [-0.2, 0) is 0 Å². The molecule has 0 aliphatic rings. The third-order valence-corrected chi connectivity index (χ3v) is 1.61. The number of nitrogens with one attached hydrogen (secondary N) is 1. The van der Waals surface area contributed by atoms with Gasteiger partial charge in [-0.05, 0) is 18.2 Å². The molecule has 0 unspecified atom stereocenters. The predicted molar refractivity (Wildman–Crippen MR) is 53.9 cm³/mol. The van der Waals surface area contributed by atoms with E-state index in [0.717, 1.165) is 0 Å². The smallest absolute Gasteiger partial charge is 0.125 e. The highest BCUT2D eigenvalue weighted by Gasteiger charge is 2.03. The molecule has 0 atom stereocenters. The van der Waals surface area contributed by atoms with Gasteiger partial charge in [-0.2, -0.15) is 5.10 Å². The molecule has 0 bridgehead atoms. The lowest BCUT2D eigenvalue weighted by Crippen LogP contribution is -2.04. The maximum atomic E-state index is 9.48. The van der Waals surface area contributed by atoms with Crippen molar-refractivity contribution in [3.63, 3.8) is 0 Å². The number of rotatable bonds is 3. The van der Waals surface area contributed by atoms with Gasteiger partial charge in [-0.1, -0.05) is 18.7 Å². The Kier molecular flexibility index (Phi) is 3.09. The zero-order valence-electron chi connectivity index (χ0n) is 7.49. The van der Waals surface area contributed by atoms with E-state index in [1.165, 1.54) is 0 Å². The first-order chi connectivity index (χ1) is 6.29. The minimum Gasteiger partial charge on any atom is -0.507 e. The van der Waals surface area contributed by atoms with E-state index in [9.17, 15) is 5.11 Å². The summed E-state index contributed by atoms with van der Waals surface area (Å²) in [7, 11) is 1.70. The Morgan fingerprint density at radius 3 is 2.77 bits per heavy atom. The summed E-state index contributed by atoms with van der Waals surface area (Å²) in [5.74, 6) is 0.205. The summed E-state index contributed by atoms with van der Waals surface area (Å²) in [4.78, 5) is 0. The molecule has 13 heavy (non-hydrogen) atoms. The molecule has 1 aromatic carbocycles. The summed E-state index contributed by atoms with van der Waals surface area (Å²) >= 11 is 0. The Morgan fingerprint density at radius 2 is 2.23 bits per heavy atom. The van der Waals surface area contributed by atoms with Crippen molar-refractivity contribution >= 4 is 5.71 Å². The van der Waals surface area contributed by atoms with Crippen LogP contribution in [0.25, 0.3) is 0 Å². The fourth-order valence-electron chi connectivity index (χ4n) is 1.03. The molecule has 1 aromatic rings. The van der Waals surface area contributed by atoms with Crippen molar-refractivity contribution in [1.29, 1.82) is 0 Å². The Morgan fingerprint density at radius 1 is 1.54 bits per heavy atom. The normalized spacial score (nSPS) is 11.0. The van der Waals surface area contributed by atoms with Crippen LogP contribution < -0.4 is 5.43 Å². The first-order valence-electron chi connectivity index (χ1n) is 3.95. The number of phenolic OH excluding ortho intramolecular Hbond substituents is 1. The maximum Gasteiger partial charge on any atom is 0.125 e. The van der Waals surface area contributed by atoms with E-state index >= 15 is 0 Å². The first kappa shape index (κ1) is 9.32. The molecule has 1 rings (SSSR count). The van der Waals surface area contributed by atoms with Gasteiger partial charge in [0.05, 0.1) is 5.71 Å². The monoisotopic (exact) mass is 176 g/mol. The van der Waals surface area contributed by atoms with Gasteiger partial charge in [-0.25, -0.2) is 0 Å². The maximum absolute atomic E-state index is 9.48. The number of para-hydroxylation sites is 1. The van der Waals surface area contributed by atoms with Gasteiger partial charge in [0.25, 0.3) is 0 Å². The first-order valence-corrected chi connectivity index (χ1v) is 3.95. The van der Waals surface area contributed by atoms with Crippen molar-refractivity contribution in [2.24, 2.45) is 5.10 Å². The number of phenols is 1. The number of aromatic hydroxyl groups is 1. The van der Waals surface area contributed by atoms with Crippen molar-refractivity contribution in [3.8, 4) is 5.75 Å². The second-order valence-electron chi connectivity index (χ2n) is 2.44. The summed E-state index contributed by atoms with van der Waals surface area (Å²) in [6.07, 6.45) is 1.59. The number of benzene rings is 1. The zero-order valence-corrected chi connectivity index (χ0v) is 7.49. The molecular weight excluding hydrogens is 164 g/mol. The Bertz CT molecular complexity index is 331. The molecule has 68 valence electrons. The Hall–Kier alpha value is -1.77. The lowest BCUT2D eigenvalue weighted by molar-refractivity contribution is 0.474. The van der Waals surface area contributed by atoms with Crippen LogP contribution in [0.2, 0.25) is 0 Å². The standard InChI is InChI=1S/C10H12N2O/c1-3-9(12-11-2)8-6-4-5-7-10(8)13/h3-7,11,13H,1H2,2H3/b12-9+. The van der Waals surface area contributed by atoms with Gasteiger partial charge in [0.2, 0.25) is 0 Å². The Balaban J connectivity index is 3.12. The second kappa shape index (κ2) is 4.30. The van der Waals surface area contributed by atoms with Gasteiger partial charge in [0.15, 0.2) is 0 Å². The van der Waals surface area contributed by atoms with Crippen molar-refractivity contribution in [2.75, 3.05) is 7.05 Å². The van der Waals surface area contributed by atoms with Crippen LogP contribution >= 0.6 is 0 Å². The third kappa shape index (κ3) is 2.08. The Labute approximate surface area is 77.4 Å². The van der Waals surface area contributed by atoms with Crippen LogP contribution in [0.5, 0.6) is 5.75 Å². The van der Waals surface area contributed by atoms with Crippen LogP contribution in [0.1, 0.15) is 5.56 Å². The molecule has 0 aromatic heterocycles. The zero-order chi connectivity index (χ0) is 9.68.